The average Bonchev–Trinajstić information content (AvgIpc) is 2.17. The molecule has 1 N–H and O–H groups in total. The molecule has 0 unspecified atom stereocenters. The van der Waals surface area contributed by atoms with Gasteiger partial charge in [0, 0.05) is 5.41 Å². The first-order chi connectivity index (χ1) is 7.52. The van der Waals surface area contributed by atoms with Crippen LogP contribution >= 0.6 is 0 Å². The lowest BCUT2D eigenvalue weighted by Crippen LogP contribution is -2.34. The Hall–Kier alpha value is -1.07. The Balaban J connectivity index is 4.82. The second-order valence-corrected chi connectivity index (χ2v) is 3.59. The first-order valence-electron chi connectivity index (χ1n) is 4.95. The number of halogens is 3. The molecule has 0 rings (SSSR count). The molecule has 6 heteroatoms. The van der Waals surface area contributed by atoms with Crippen LogP contribution in [0.4, 0.5) is 13.2 Å². The van der Waals surface area contributed by atoms with Gasteiger partial charge >= 0.3 is 5.97 Å². The lowest BCUT2D eigenvalue weighted by molar-refractivity contribution is -0.144. The Morgan fingerprint density at radius 1 is 0.938 bits per heavy atom. The van der Waals surface area contributed by atoms with Crippen LogP contribution in [0.3, 0.4) is 0 Å². The zero-order valence-electron chi connectivity index (χ0n) is 8.85. The Morgan fingerprint density at radius 2 is 1.31 bits per heavy atom. The normalized spacial score (nSPS) is 11.4. The molecule has 0 saturated carbocycles. The van der Waals surface area contributed by atoms with Gasteiger partial charge in [0.2, 0.25) is 0 Å². The predicted molar refractivity (Wildman–Crippen MR) is 51.5 cm³/mol. The minimum Gasteiger partial charge on any atom is -0.481 e. The summed E-state index contributed by atoms with van der Waals surface area (Å²) < 4.78 is 36.9. The molecule has 0 aromatic carbocycles. The van der Waals surface area contributed by atoms with E-state index in [1.807, 2.05) is 0 Å². The minimum absolute atomic E-state index is 0.326. The van der Waals surface area contributed by atoms with Gasteiger partial charge in [0.05, 0.1) is 20.0 Å². The smallest absolute Gasteiger partial charge is 0.310 e. The number of hydrogen-bond donors (Lipinski definition) is 1. The fourth-order valence-electron chi connectivity index (χ4n) is 1.66. The van der Waals surface area contributed by atoms with Gasteiger partial charge in [-0.15, -0.1) is 0 Å². The number of alkyl halides is 3. The standard InChI is InChI=1S/C10H15F3O3/c11-4-1-10(2-5-12,3-6-13)8(14)7-9(15)16/h1-7H2,(H,15,16). The van der Waals surface area contributed by atoms with E-state index in [0.29, 0.717) is 0 Å². The average molecular weight is 240 g/mol. The summed E-state index contributed by atoms with van der Waals surface area (Å²) in [4.78, 5) is 21.9. The number of hydrogen-bond acceptors (Lipinski definition) is 2. The molecule has 94 valence electrons. The van der Waals surface area contributed by atoms with E-state index in [9.17, 15) is 22.8 Å². The van der Waals surface area contributed by atoms with E-state index in [0.717, 1.165) is 0 Å². The van der Waals surface area contributed by atoms with Gasteiger partial charge in [-0.2, -0.15) is 0 Å². The molecule has 0 heterocycles. The molecule has 0 aliphatic carbocycles. The largest absolute Gasteiger partial charge is 0.481 e. The Kier molecular flexibility index (Phi) is 6.76. The van der Waals surface area contributed by atoms with Crippen LogP contribution in [0.2, 0.25) is 0 Å². The highest BCUT2D eigenvalue weighted by molar-refractivity contribution is 5.98. The number of carbonyl (C=O) groups is 2. The highest BCUT2D eigenvalue weighted by Gasteiger charge is 2.38. The first kappa shape index (κ1) is 14.9. The maximum Gasteiger partial charge on any atom is 0.310 e. The molecule has 0 saturated heterocycles. The lowest BCUT2D eigenvalue weighted by atomic mass is 9.74. The molecule has 0 aliphatic rings. The summed E-state index contributed by atoms with van der Waals surface area (Å²) >= 11 is 0. The van der Waals surface area contributed by atoms with Gasteiger partial charge in [-0.25, -0.2) is 0 Å². The van der Waals surface area contributed by atoms with Gasteiger partial charge in [-0.3, -0.25) is 22.8 Å². The molecule has 0 aromatic rings. The van der Waals surface area contributed by atoms with Gasteiger partial charge in [0.15, 0.2) is 0 Å². The van der Waals surface area contributed by atoms with Crippen molar-refractivity contribution in [3.05, 3.63) is 0 Å². The highest BCUT2D eigenvalue weighted by atomic mass is 19.1. The summed E-state index contributed by atoms with van der Waals surface area (Å²) in [5, 5.41) is 8.45. The van der Waals surface area contributed by atoms with Crippen molar-refractivity contribution < 1.29 is 27.9 Å². The molecular formula is C10H15F3O3. The van der Waals surface area contributed by atoms with E-state index in [1.165, 1.54) is 0 Å². The second-order valence-electron chi connectivity index (χ2n) is 3.59. The fraction of sp³-hybridized carbons (Fsp3) is 0.800. The second kappa shape index (κ2) is 7.24. The maximum atomic E-state index is 12.3. The topological polar surface area (TPSA) is 54.4 Å². The number of carboxylic acid groups (broad SMARTS) is 1. The molecule has 16 heavy (non-hydrogen) atoms. The summed E-state index contributed by atoms with van der Waals surface area (Å²) in [5.74, 6) is -2.17. The lowest BCUT2D eigenvalue weighted by Gasteiger charge is -2.29. The van der Waals surface area contributed by atoms with Crippen molar-refractivity contribution in [1.29, 1.82) is 0 Å². The monoisotopic (exact) mass is 240 g/mol. The molecule has 0 aliphatic heterocycles. The van der Waals surface area contributed by atoms with Crippen LogP contribution in [-0.4, -0.2) is 36.9 Å². The molecular weight excluding hydrogens is 225 g/mol. The molecule has 0 radical (unpaired) electrons. The van der Waals surface area contributed by atoms with E-state index in [2.05, 4.69) is 0 Å². The van der Waals surface area contributed by atoms with Crippen molar-refractivity contribution in [1.82, 2.24) is 0 Å². The van der Waals surface area contributed by atoms with E-state index in [-0.39, 0.29) is 19.3 Å². The van der Waals surface area contributed by atoms with Crippen LogP contribution in [0, 0.1) is 5.41 Å². The molecule has 0 fully saturated rings. The zero-order valence-corrected chi connectivity index (χ0v) is 8.85. The van der Waals surface area contributed by atoms with Crippen LogP contribution in [0.5, 0.6) is 0 Å². The molecule has 0 bridgehead atoms. The summed E-state index contributed by atoms with van der Waals surface area (Å²) in [6.07, 6.45) is -1.80. The van der Waals surface area contributed by atoms with E-state index in [1.54, 1.807) is 0 Å². The van der Waals surface area contributed by atoms with Crippen LogP contribution < -0.4 is 0 Å². The summed E-state index contributed by atoms with van der Waals surface area (Å²) in [7, 11) is 0. The van der Waals surface area contributed by atoms with Crippen LogP contribution in [0.1, 0.15) is 25.7 Å². The van der Waals surface area contributed by atoms with Gasteiger partial charge in [0.25, 0.3) is 0 Å². The van der Waals surface area contributed by atoms with Gasteiger partial charge < -0.3 is 5.11 Å². The summed E-state index contributed by atoms with van der Waals surface area (Å²) in [5.41, 5.74) is -1.50. The predicted octanol–water partition coefficient (Wildman–Crippen LogP) is 2.10. The molecule has 0 amide bonds. The Morgan fingerprint density at radius 3 is 1.56 bits per heavy atom. The maximum absolute atomic E-state index is 12.3. The zero-order chi connectivity index (χ0) is 12.6. The van der Waals surface area contributed by atoms with Crippen molar-refractivity contribution in [3.63, 3.8) is 0 Å². The van der Waals surface area contributed by atoms with Crippen LogP contribution in [0.25, 0.3) is 0 Å². The van der Waals surface area contributed by atoms with Gasteiger partial charge in [-0.1, -0.05) is 0 Å². The minimum atomic E-state index is -1.50. The van der Waals surface area contributed by atoms with E-state index < -0.39 is 43.6 Å². The number of carbonyl (C=O) groups excluding carboxylic acids is 1. The molecule has 3 nitrogen and oxygen atoms in total. The third-order valence-electron chi connectivity index (χ3n) is 2.62. The SMILES string of the molecule is O=C(O)CC(=O)C(CCF)(CCF)CCF. The summed E-state index contributed by atoms with van der Waals surface area (Å²) in [6.45, 7) is -2.69. The van der Waals surface area contributed by atoms with Crippen molar-refractivity contribution in [2.24, 2.45) is 5.41 Å². The van der Waals surface area contributed by atoms with Crippen LogP contribution in [-0.2, 0) is 9.59 Å². The van der Waals surface area contributed by atoms with Crippen molar-refractivity contribution in [2.75, 3.05) is 20.0 Å². The van der Waals surface area contributed by atoms with Crippen LogP contribution in [0.15, 0.2) is 0 Å². The van der Waals surface area contributed by atoms with Crippen molar-refractivity contribution in [3.8, 4) is 0 Å². The summed E-state index contributed by atoms with van der Waals surface area (Å²) in [6, 6.07) is 0. The Labute approximate surface area is 91.6 Å². The highest BCUT2D eigenvalue weighted by Crippen LogP contribution is 2.34. The van der Waals surface area contributed by atoms with Gasteiger partial charge in [-0.05, 0) is 19.3 Å². The fourth-order valence-corrected chi connectivity index (χ4v) is 1.66. The Bertz CT molecular complexity index is 226. The third-order valence-corrected chi connectivity index (χ3v) is 2.62. The number of ketones is 1. The molecule has 0 spiro atoms. The quantitative estimate of drug-likeness (QED) is 0.628. The number of aliphatic carboxylic acids is 1. The number of Topliss-reactive ketones (excluding diaryl/α,β-unsaturated/α-hetero) is 1. The number of rotatable bonds is 9. The van der Waals surface area contributed by atoms with Gasteiger partial charge in [0.1, 0.15) is 12.2 Å². The molecule has 0 aromatic heterocycles. The first-order valence-corrected chi connectivity index (χ1v) is 4.95. The van der Waals surface area contributed by atoms with Crippen molar-refractivity contribution >= 4 is 11.8 Å². The number of carboxylic acids is 1. The van der Waals surface area contributed by atoms with Crippen molar-refractivity contribution in [2.45, 2.75) is 25.7 Å². The third kappa shape index (κ3) is 4.20. The van der Waals surface area contributed by atoms with E-state index >= 15 is 0 Å². The molecule has 0 atom stereocenters. The van der Waals surface area contributed by atoms with E-state index in [4.69, 9.17) is 5.11 Å².